The number of rotatable bonds is 1. The highest BCUT2D eigenvalue weighted by molar-refractivity contribution is 7.08. The maximum Gasteiger partial charge on any atom is 0.254 e. The lowest BCUT2D eigenvalue weighted by atomic mass is 9.79. The van der Waals surface area contributed by atoms with E-state index < -0.39 is 0 Å². The van der Waals surface area contributed by atoms with Gasteiger partial charge in [0.2, 0.25) is 0 Å². The van der Waals surface area contributed by atoms with Gasteiger partial charge in [0.15, 0.2) is 0 Å². The van der Waals surface area contributed by atoms with Crippen molar-refractivity contribution in [3.63, 3.8) is 0 Å². The van der Waals surface area contributed by atoms with E-state index in [0.29, 0.717) is 0 Å². The molecule has 2 heterocycles. The van der Waals surface area contributed by atoms with Gasteiger partial charge < -0.3 is 10.6 Å². The van der Waals surface area contributed by atoms with E-state index in [0.717, 1.165) is 25.1 Å². The average Bonchev–Trinajstić information content (AvgIpc) is 2.74. The Morgan fingerprint density at radius 1 is 1.62 bits per heavy atom. The Bertz CT molecular complexity index is 372. The summed E-state index contributed by atoms with van der Waals surface area (Å²) >= 11 is 1.56. The number of nitrogens with two attached hydrogens (primary N) is 1. The third-order valence-electron chi connectivity index (χ3n) is 3.37. The van der Waals surface area contributed by atoms with Gasteiger partial charge in [-0.1, -0.05) is 13.8 Å². The van der Waals surface area contributed by atoms with Crippen molar-refractivity contribution in [2.45, 2.75) is 26.3 Å². The molecule has 1 amide bonds. The molecule has 1 unspecified atom stereocenters. The minimum atomic E-state index is 0.0178. The monoisotopic (exact) mass is 238 g/mol. The van der Waals surface area contributed by atoms with Crippen LogP contribution in [0.1, 0.15) is 30.6 Å². The molecule has 0 saturated carbocycles. The van der Waals surface area contributed by atoms with Crippen LogP contribution in [0.25, 0.3) is 0 Å². The zero-order valence-electron chi connectivity index (χ0n) is 9.77. The molecule has 1 aromatic heterocycles. The highest BCUT2D eigenvalue weighted by Gasteiger charge is 2.35. The normalized spacial score (nSPS) is 24.4. The summed E-state index contributed by atoms with van der Waals surface area (Å²) in [7, 11) is 0. The SMILES string of the molecule is CC1(C)CN(C(=O)c2ccsc2)CCC1N. The van der Waals surface area contributed by atoms with Crippen LogP contribution in [0.4, 0.5) is 0 Å². The van der Waals surface area contributed by atoms with Crippen molar-refractivity contribution in [2.24, 2.45) is 11.1 Å². The van der Waals surface area contributed by atoms with Gasteiger partial charge in [0.1, 0.15) is 0 Å². The largest absolute Gasteiger partial charge is 0.338 e. The lowest BCUT2D eigenvalue weighted by molar-refractivity contribution is 0.0533. The van der Waals surface area contributed by atoms with Crippen molar-refractivity contribution in [1.82, 2.24) is 4.90 Å². The summed E-state index contributed by atoms with van der Waals surface area (Å²) in [5.41, 5.74) is 6.88. The number of carbonyl (C=O) groups is 1. The number of likely N-dealkylation sites (tertiary alicyclic amines) is 1. The smallest absolute Gasteiger partial charge is 0.254 e. The van der Waals surface area contributed by atoms with Crippen LogP contribution < -0.4 is 5.73 Å². The lowest BCUT2D eigenvalue weighted by Crippen LogP contribution is -2.53. The lowest BCUT2D eigenvalue weighted by Gasteiger charge is -2.42. The van der Waals surface area contributed by atoms with E-state index in [1.54, 1.807) is 11.3 Å². The second kappa shape index (κ2) is 4.18. The number of nitrogens with zero attached hydrogens (tertiary/aromatic N) is 1. The molecular formula is C12H18N2OS. The molecule has 16 heavy (non-hydrogen) atoms. The molecule has 1 atom stereocenters. The fourth-order valence-corrected chi connectivity index (χ4v) is 2.75. The topological polar surface area (TPSA) is 46.3 Å². The Morgan fingerprint density at radius 2 is 2.38 bits per heavy atom. The number of thiophene rings is 1. The number of piperidine rings is 1. The Morgan fingerprint density at radius 3 is 2.94 bits per heavy atom. The fraction of sp³-hybridized carbons (Fsp3) is 0.583. The van der Waals surface area contributed by atoms with E-state index in [1.807, 2.05) is 21.7 Å². The zero-order valence-corrected chi connectivity index (χ0v) is 10.6. The molecule has 2 N–H and O–H groups in total. The van der Waals surface area contributed by atoms with E-state index in [4.69, 9.17) is 5.73 Å². The number of hydrogen-bond donors (Lipinski definition) is 1. The number of carbonyl (C=O) groups excluding carboxylic acids is 1. The molecule has 4 heteroatoms. The Balaban J connectivity index is 2.10. The summed E-state index contributed by atoms with van der Waals surface area (Å²) in [5, 5.41) is 3.85. The zero-order chi connectivity index (χ0) is 11.8. The standard InChI is InChI=1S/C12H18N2OS/c1-12(2)8-14(5-3-10(12)13)11(15)9-4-6-16-7-9/h4,6-7,10H,3,5,8,13H2,1-2H3. The predicted molar refractivity (Wildman–Crippen MR) is 66.6 cm³/mol. The molecule has 1 aliphatic rings. The molecule has 0 spiro atoms. The van der Waals surface area contributed by atoms with Crippen molar-refractivity contribution in [2.75, 3.05) is 13.1 Å². The number of amides is 1. The summed E-state index contributed by atoms with van der Waals surface area (Å²) in [6, 6.07) is 2.08. The van der Waals surface area contributed by atoms with Crippen molar-refractivity contribution < 1.29 is 4.79 Å². The van der Waals surface area contributed by atoms with E-state index >= 15 is 0 Å². The molecule has 3 nitrogen and oxygen atoms in total. The quantitative estimate of drug-likeness (QED) is 0.813. The van der Waals surface area contributed by atoms with Gasteiger partial charge in [0, 0.05) is 24.5 Å². The van der Waals surface area contributed by atoms with Gasteiger partial charge in [-0.05, 0) is 23.3 Å². The van der Waals surface area contributed by atoms with Crippen molar-refractivity contribution in [3.05, 3.63) is 22.4 Å². The Hall–Kier alpha value is -0.870. The summed E-state index contributed by atoms with van der Waals surface area (Å²) in [6.45, 7) is 5.79. The van der Waals surface area contributed by atoms with Gasteiger partial charge in [0.05, 0.1) is 5.56 Å². The first-order valence-corrected chi connectivity index (χ1v) is 6.52. The summed E-state index contributed by atoms with van der Waals surface area (Å²) in [4.78, 5) is 14.1. The van der Waals surface area contributed by atoms with Gasteiger partial charge in [-0.3, -0.25) is 4.79 Å². The second-order valence-electron chi connectivity index (χ2n) is 5.12. The van der Waals surface area contributed by atoms with Crippen LogP contribution in [0.3, 0.4) is 0 Å². The molecule has 1 aliphatic heterocycles. The predicted octanol–water partition coefficient (Wildman–Crippen LogP) is 1.95. The molecular weight excluding hydrogens is 220 g/mol. The van der Waals surface area contributed by atoms with Gasteiger partial charge in [0.25, 0.3) is 5.91 Å². The molecule has 1 saturated heterocycles. The van der Waals surface area contributed by atoms with E-state index in [-0.39, 0.29) is 17.4 Å². The van der Waals surface area contributed by atoms with Gasteiger partial charge in [-0.2, -0.15) is 11.3 Å². The fourth-order valence-electron chi connectivity index (χ4n) is 2.12. The molecule has 2 rings (SSSR count). The van der Waals surface area contributed by atoms with Crippen molar-refractivity contribution in [3.8, 4) is 0 Å². The van der Waals surface area contributed by atoms with Crippen LogP contribution in [-0.4, -0.2) is 29.9 Å². The second-order valence-corrected chi connectivity index (χ2v) is 5.90. The molecule has 1 aromatic rings. The van der Waals surface area contributed by atoms with Crippen LogP contribution in [0, 0.1) is 5.41 Å². The summed E-state index contributed by atoms with van der Waals surface area (Å²) in [5.74, 6) is 0.140. The number of hydrogen-bond acceptors (Lipinski definition) is 3. The minimum Gasteiger partial charge on any atom is -0.338 e. The van der Waals surface area contributed by atoms with Crippen molar-refractivity contribution in [1.29, 1.82) is 0 Å². The van der Waals surface area contributed by atoms with Crippen LogP contribution in [0.15, 0.2) is 16.8 Å². The van der Waals surface area contributed by atoms with E-state index in [9.17, 15) is 4.79 Å². The van der Waals surface area contributed by atoms with Gasteiger partial charge in [-0.25, -0.2) is 0 Å². The molecule has 88 valence electrons. The first-order valence-electron chi connectivity index (χ1n) is 5.58. The third-order valence-corrected chi connectivity index (χ3v) is 4.05. The first-order chi connectivity index (χ1) is 7.50. The van der Waals surface area contributed by atoms with E-state index in [1.165, 1.54) is 0 Å². The molecule has 0 aliphatic carbocycles. The van der Waals surface area contributed by atoms with Crippen molar-refractivity contribution >= 4 is 17.2 Å². The van der Waals surface area contributed by atoms with Crippen LogP contribution in [-0.2, 0) is 0 Å². The van der Waals surface area contributed by atoms with Gasteiger partial charge in [-0.15, -0.1) is 0 Å². The summed E-state index contributed by atoms with van der Waals surface area (Å²) < 4.78 is 0. The summed E-state index contributed by atoms with van der Waals surface area (Å²) in [6.07, 6.45) is 0.892. The van der Waals surface area contributed by atoms with Crippen LogP contribution in [0.2, 0.25) is 0 Å². The molecule has 0 radical (unpaired) electrons. The van der Waals surface area contributed by atoms with Gasteiger partial charge >= 0.3 is 0 Å². The van der Waals surface area contributed by atoms with Crippen LogP contribution in [0.5, 0.6) is 0 Å². The minimum absolute atomic E-state index is 0.0178. The van der Waals surface area contributed by atoms with E-state index in [2.05, 4.69) is 13.8 Å². The Labute approximate surface area is 100 Å². The Kier molecular flexibility index (Phi) is 3.04. The third kappa shape index (κ3) is 2.13. The first kappa shape index (κ1) is 11.6. The maximum atomic E-state index is 12.1. The highest BCUT2D eigenvalue weighted by atomic mass is 32.1. The van der Waals surface area contributed by atoms with Crippen LogP contribution >= 0.6 is 11.3 Å². The highest BCUT2D eigenvalue weighted by Crippen LogP contribution is 2.28. The average molecular weight is 238 g/mol. The molecule has 0 aromatic carbocycles. The molecule has 0 bridgehead atoms. The molecule has 1 fully saturated rings. The maximum absolute atomic E-state index is 12.1.